The highest BCUT2D eigenvalue weighted by Gasteiger charge is 2.17. The molecule has 148 valence electrons. The Morgan fingerprint density at radius 1 is 1.22 bits per heavy atom. The van der Waals surface area contributed by atoms with Crippen molar-refractivity contribution in [3.8, 4) is 0 Å². The summed E-state index contributed by atoms with van der Waals surface area (Å²) in [6, 6.07) is 10.3. The second-order valence-electron chi connectivity index (χ2n) is 6.25. The highest BCUT2D eigenvalue weighted by Crippen LogP contribution is 2.12. The Balaban J connectivity index is 0.00000261. The smallest absolute Gasteiger partial charge is 0.251 e. The molecule has 1 aromatic heterocycles. The molecule has 0 aliphatic carbocycles. The van der Waals surface area contributed by atoms with E-state index < -0.39 is 10.0 Å². The molecule has 0 saturated carbocycles. The fourth-order valence-electron chi connectivity index (χ4n) is 2.88. The number of rotatable bonds is 8. The van der Waals surface area contributed by atoms with Crippen LogP contribution in [0.25, 0.3) is 0 Å². The van der Waals surface area contributed by atoms with Gasteiger partial charge in [-0.2, -0.15) is 0 Å². The van der Waals surface area contributed by atoms with Crippen LogP contribution in [-0.4, -0.2) is 40.0 Å². The van der Waals surface area contributed by atoms with E-state index in [9.17, 15) is 13.2 Å². The van der Waals surface area contributed by atoms with Crippen LogP contribution in [0.2, 0.25) is 0 Å². The molecular weight excluding hydrogens is 406 g/mol. The Hall–Kier alpha value is -1.45. The minimum absolute atomic E-state index is 0. The minimum atomic E-state index is -3.57. The van der Waals surface area contributed by atoms with Gasteiger partial charge in [-0.3, -0.25) is 4.79 Å². The molecule has 0 bridgehead atoms. The van der Waals surface area contributed by atoms with Crippen LogP contribution in [-0.2, 0) is 16.4 Å². The number of carbonyl (C=O) groups excluding carboxylic acids is 1. The fraction of sp³-hybridized carbons (Fsp3) is 0.389. The molecule has 0 radical (unpaired) electrons. The third kappa shape index (κ3) is 6.29. The molecule has 1 aliphatic rings. The van der Waals surface area contributed by atoms with Crippen LogP contribution in [0.5, 0.6) is 0 Å². The molecular formula is C18H24ClN3O3S2. The van der Waals surface area contributed by atoms with E-state index in [0.29, 0.717) is 31.1 Å². The lowest BCUT2D eigenvalue weighted by molar-refractivity contribution is 0.0950. The monoisotopic (exact) mass is 429 g/mol. The normalized spacial score (nSPS) is 16.7. The lowest BCUT2D eigenvalue weighted by Crippen LogP contribution is -2.37. The van der Waals surface area contributed by atoms with Crippen LogP contribution >= 0.6 is 23.7 Å². The van der Waals surface area contributed by atoms with Gasteiger partial charge in [-0.25, -0.2) is 13.1 Å². The zero-order chi connectivity index (χ0) is 18.4. The molecule has 1 saturated heterocycles. The molecule has 6 nitrogen and oxygen atoms in total. The van der Waals surface area contributed by atoms with Gasteiger partial charge in [0.1, 0.15) is 0 Å². The third-order valence-electron chi connectivity index (χ3n) is 4.34. The molecule has 2 heterocycles. The molecule has 1 unspecified atom stereocenters. The molecule has 3 N–H and O–H groups in total. The average Bonchev–Trinajstić information content (AvgIpc) is 3.33. The molecule has 1 atom stereocenters. The minimum Gasteiger partial charge on any atom is -0.350 e. The van der Waals surface area contributed by atoms with Gasteiger partial charge in [0, 0.05) is 29.6 Å². The predicted octanol–water partition coefficient (Wildman–Crippen LogP) is 2.17. The van der Waals surface area contributed by atoms with Gasteiger partial charge in [-0.15, -0.1) is 23.7 Å². The van der Waals surface area contributed by atoms with Gasteiger partial charge < -0.3 is 10.6 Å². The molecule has 27 heavy (non-hydrogen) atoms. The summed E-state index contributed by atoms with van der Waals surface area (Å²) in [5.74, 6) is -0.187. The molecule has 1 aromatic carbocycles. The number of nitrogens with one attached hydrogen (secondary N) is 3. The summed E-state index contributed by atoms with van der Waals surface area (Å²) in [6.07, 6.45) is 2.85. The van der Waals surface area contributed by atoms with Gasteiger partial charge in [0.25, 0.3) is 5.91 Å². The molecule has 0 spiro atoms. The highest BCUT2D eigenvalue weighted by molar-refractivity contribution is 7.89. The Labute approximate surface area is 170 Å². The van der Waals surface area contributed by atoms with Crippen molar-refractivity contribution in [2.24, 2.45) is 0 Å². The molecule has 1 aliphatic heterocycles. The lowest BCUT2D eigenvalue weighted by atomic mass is 10.2. The Kier molecular flexibility index (Phi) is 8.25. The standard InChI is InChI=1S/C18H23N3O3S2.ClH/c22-18(20-13-15-3-1-10-19-15)14-5-7-17(8-6-14)26(23,24)21-11-9-16-4-2-12-25-16;/h2,4-8,12,15,19,21H,1,3,9-11,13H2,(H,20,22);1H. The second-order valence-corrected chi connectivity index (χ2v) is 9.05. The van der Waals surface area contributed by atoms with Gasteiger partial charge in [0.15, 0.2) is 0 Å². The van der Waals surface area contributed by atoms with Crippen molar-refractivity contribution in [3.63, 3.8) is 0 Å². The summed E-state index contributed by atoms with van der Waals surface area (Å²) >= 11 is 1.60. The van der Waals surface area contributed by atoms with Gasteiger partial charge >= 0.3 is 0 Å². The van der Waals surface area contributed by atoms with E-state index in [0.717, 1.165) is 24.3 Å². The van der Waals surface area contributed by atoms with Crippen LogP contribution in [0.15, 0.2) is 46.7 Å². The molecule has 1 amide bonds. The topological polar surface area (TPSA) is 87.3 Å². The van der Waals surface area contributed by atoms with Crippen molar-refractivity contribution >= 4 is 39.7 Å². The maximum atomic E-state index is 12.3. The molecule has 2 aromatic rings. The predicted molar refractivity (Wildman–Crippen MR) is 110 cm³/mol. The van der Waals surface area contributed by atoms with E-state index >= 15 is 0 Å². The fourth-order valence-corrected chi connectivity index (χ4v) is 4.62. The van der Waals surface area contributed by atoms with Gasteiger partial charge in [-0.1, -0.05) is 6.07 Å². The molecule has 3 rings (SSSR count). The van der Waals surface area contributed by atoms with E-state index in [4.69, 9.17) is 0 Å². The maximum Gasteiger partial charge on any atom is 0.251 e. The van der Waals surface area contributed by atoms with Crippen molar-refractivity contribution < 1.29 is 13.2 Å². The van der Waals surface area contributed by atoms with Crippen LogP contribution in [0.1, 0.15) is 28.1 Å². The van der Waals surface area contributed by atoms with Crippen molar-refractivity contribution in [1.82, 2.24) is 15.4 Å². The number of sulfonamides is 1. The Bertz CT molecular complexity index is 818. The van der Waals surface area contributed by atoms with Crippen LogP contribution < -0.4 is 15.4 Å². The summed E-state index contributed by atoms with van der Waals surface area (Å²) in [7, 11) is -3.57. The van der Waals surface area contributed by atoms with Crippen LogP contribution in [0.4, 0.5) is 0 Å². The van der Waals surface area contributed by atoms with E-state index in [1.165, 1.54) is 12.1 Å². The first-order chi connectivity index (χ1) is 12.5. The first-order valence-corrected chi connectivity index (χ1v) is 11.0. The van der Waals surface area contributed by atoms with Gasteiger partial charge in [-0.05, 0) is 61.5 Å². The largest absolute Gasteiger partial charge is 0.350 e. The highest BCUT2D eigenvalue weighted by atomic mass is 35.5. The van der Waals surface area contributed by atoms with E-state index in [1.54, 1.807) is 23.5 Å². The first-order valence-electron chi connectivity index (χ1n) is 8.68. The lowest BCUT2D eigenvalue weighted by Gasteiger charge is -2.12. The summed E-state index contributed by atoms with van der Waals surface area (Å²) in [4.78, 5) is 13.5. The van der Waals surface area contributed by atoms with Gasteiger partial charge in [0.05, 0.1) is 4.90 Å². The number of halogens is 1. The number of carbonyl (C=O) groups is 1. The van der Waals surface area contributed by atoms with E-state index in [2.05, 4.69) is 15.4 Å². The zero-order valence-electron chi connectivity index (χ0n) is 14.8. The van der Waals surface area contributed by atoms with E-state index in [1.807, 2.05) is 17.5 Å². The average molecular weight is 430 g/mol. The third-order valence-corrected chi connectivity index (χ3v) is 6.75. The Morgan fingerprint density at radius 2 is 2.00 bits per heavy atom. The number of thiophene rings is 1. The summed E-state index contributed by atoms with van der Waals surface area (Å²) in [6.45, 7) is 1.93. The van der Waals surface area contributed by atoms with Crippen molar-refractivity contribution in [2.45, 2.75) is 30.2 Å². The number of amides is 1. The van der Waals surface area contributed by atoms with Crippen LogP contribution in [0, 0.1) is 0 Å². The van der Waals surface area contributed by atoms with Crippen molar-refractivity contribution in [1.29, 1.82) is 0 Å². The maximum absolute atomic E-state index is 12.3. The second kappa shape index (κ2) is 10.2. The quantitative estimate of drug-likeness (QED) is 0.600. The zero-order valence-corrected chi connectivity index (χ0v) is 17.3. The summed E-state index contributed by atoms with van der Waals surface area (Å²) in [5, 5.41) is 8.17. The molecule has 9 heteroatoms. The summed E-state index contributed by atoms with van der Waals surface area (Å²) < 4.78 is 27.2. The number of hydrogen-bond acceptors (Lipinski definition) is 5. The Morgan fingerprint density at radius 3 is 2.63 bits per heavy atom. The number of hydrogen-bond donors (Lipinski definition) is 3. The van der Waals surface area contributed by atoms with Gasteiger partial charge in [0.2, 0.25) is 10.0 Å². The van der Waals surface area contributed by atoms with Crippen molar-refractivity contribution in [2.75, 3.05) is 19.6 Å². The van der Waals surface area contributed by atoms with E-state index in [-0.39, 0.29) is 23.2 Å². The van der Waals surface area contributed by atoms with Crippen molar-refractivity contribution in [3.05, 3.63) is 52.2 Å². The molecule has 1 fully saturated rings. The number of benzene rings is 1. The van der Waals surface area contributed by atoms with Crippen LogP contribution in [0.3, 0.4) is 0 Å². The SMILES string of the molecule is Cl.O=C(NCC1CCCN1)c1ccc(S(=O)(=O)NCCc2cccs2)cc1. The first kappa shape index (κ1) is 21.8. The summed E-state index contributed by atoms with van der Waals surface area (Å²) in [5.41, 5.74) is 0.459.